The van der Waals surface area contributed by atoms with Gasteiger partial charge in [0.25, 0.3) is 0 Å². The fourth-order valence-corrected chi connectivity index (χ4v) is 1.85. The van der Waals surface area contributed by atoms with Crippen molar-refractivity contribution in [2.45, 2.75) is 19.5 Å². The topological polar surface area (TPSA) is 121 Å². The number of ether oxygens (including phenoxy) is 2. The first-order valence-electron chi connectivity index (χ1n) is 6.88. The number of carbonyl (C=O) groups excluding carboxylic acids is 1. The molecule has 0 bridgehead atoms. The Bertz CT molecular complexity index is 665. The normalized spacial score (nSPS) is 10.7. The number of carboxylic acid groups (broad SMARTS) is 1. The van der Waals surface area contributed by atoms with E-state index in [0.717, 1.165) is 0 Å². The molecular weight excluding hydrogens is 306 g/mol. The van der Waals surface area contributed by atoms with Gasteiger partial charge in [0.1, 0.15) is 12.3 Å². The maximum atomic E-state index is 11.3. The van der Waals surface area contributed by atoms with Crippen molar-refractivity contribution in [2.24, 2.45) is 0 Å². The maximum absolute atomic E-state index is 11.3. The van der Waals surface area contributed by atoms with Crippen LogP contribution in [0.5, 0.6) is 0 Å². The second kappa shape index (κ2) is 8.03. The Kier molecular flexibility index (Phi) is 5.80. The average molecular weight is 323 g/mol. The Morgan fingerprint density at radius 2 is 2.13 bits per heavy atom. The minimum absolute atomic E-state index is 0.301. The summed E-state index contributed by atoms with van der Waals surface area (Å²) in [5, 5.41) is 20.5. The Labute approximate surface area is 131 Å². The van der Waals surface area contributed by atoms with Crippen LogP contribution in [0.15, 0.2) is 18.6 Å². The lowest BCUT2D eigenvalue weighted by molar-refractivity contribution is -0.142. The monoisotopic (exact) mass is 323 g/mol. The van der Waals surface area contributed by atoms with Crippen LogP contribution in [-0.2, 0) is 27.4 Å². The van der Waals surface area contributed by atoms with Crippen molar-refractivity contribution in [3.63, 3.8) is 0 Å². The molecule has 0 aliphatic heterocycles. The van der Waals surface area contributed by atoms with Gasteiger partial charge in [-0.1, -0.05) is 5.21 Å². The fraction of sp³-hybridized carbons (Fsp3) is 0.462. The first kappa shape index (κ1) is 16.6. The van der Waals surface area contributed by atoms with Gasteiger partial charge in [-0.15, -0.1) is 5.10 Å². The third kappa shape index (κ3) is 5.18. The predicted octanol–water partition coefficient (Wildman–Crippen LogP) is -0.199. The van der Waals surface area contributed by atoms with Crippen LogP contribution < -0.4 is 0 Å². The van der Waals surface area contributed by atoms with E-state index < -0.39 is 11.9 Å². The zero-order valence-corrected chi connectivity index (χ0v) is 12.6. The average Bonchev–Trinajstić information content (AvgIpc) is 3.16. The van der Waals surface area contributed by atoms with Gasteiger partial charge in [-0.2, -0.15) is 5.10 Å². The number of aromatic nitrogens is 5. The van der Waals surface area contributed by atoms with Gasteiger partial charge in [0.05, 0.1) is 31.6 Å². The molecule has 2 rings (SSSR count). The van der Waals surface area contributed by atoms with Gasteiger partial charge in [0.15, 0.2) is 0 Å². The summed E-state index contributed by atoms with van der Waals surface area (Å²) in [4.78, 5) is 21.6. The van der Waals surface area contributed by atoms with E-state index in [9.17, 15) is 9.59 Å². The van der Waals surface area contributed by atoms with E-state index in [4.69, 9.17) is 9.84 Å². The number of aliphatic carboxylic acids is 1. The summed E-state index contributed by atoms with van der Waals surface area (Å²) in [6, 6.07) is 0. The largest absolute Gasteiger partial charge is 0.480 e. The third-order valence-electron chi connectivity index (χ3n) is 2.87. The summed E-state index contributed by atoms with van der Waals surface area (Å²) in [5.41, 5.74) is 1.06. The summed E-state index contributed by atoms with van der Waals surface area (Å²) in [6.07, 6.45) is 5.39. The summed E-state index contributed by atoms with van der Waals surface area (Å²) < 4.78 is 12.8. The van der Waals surface area contributed by atoms with E-state index in [1.165, 1.54) is 13.3 Å². The van der Waals surface area contributed by atoms with Gasteiger partial charge in [-0.05, 0) is 6.42 Å². The molecule has 0 spiro atoms. The Hall–Kier alpha value is -2.75. The van der Waals surface area contributed by atoms with Crippen molar-refractivity contribution in [2.75, 3.05) is 20.3 Å². The molecule has 2 aromatic rings. The molecule has 0 saturated heterocycles. The van der Waals surface area contributed by atoms with Gasteiger partial charge < -0.3 is 14.6 Å². The van der Waals surface area contributed by atoms with Crippen LogP contribution in [0.4, 0.5) is 0 Å². The molecule has 0 unspecified atom stereocenters. The Morgan fingerprint density at radius 1 is 1.30 bits per heavy atom. The lowest BCUT2D eigenvalue weighted by Crippen LogP contribution is -2.09. The van der Waals surface area contributed by atoms with E-state index in [1.807, 2.05) is 0 Å². The number of carbonyl (C=O) groups is 2. The van der Waals surface area contributed by atoms with Crippen LogP contribution in [0.3, 0.4) is 0 Å². The van der Waals surface area contributed by atoms with Crippen LogP contribution in [0.2, 0.25) is 0 Å². The number of hydrogen-bond acceptors (Lipinski definition) is 7. The smallest absolute Gasteiger partial charge is 0.341 e. The van der Waals surface area contributed by atoms with Crippen molar-refractivity contribution >= 4 is 11.9 Å². The minimum Gasteiger partial charge on any atom is -0.480 e. The first-order chi connectivity index (χ1) is 11.1. The van der Waals surface area contributed by atoms with Crippen LogP contribution in [0.1, 0.15) is 22.5 Å². The molecule has 0 atom stereocenters. The van der Waals surface area contributed by atoms with Crippen LogP contribution in [0.25, 0.3) is 0 Å². The molecule has 0 fully saturated rings. The molecule has 23 heavy (non-hydrogen) atoms. The van der Waals surface area contributed by atoms with E-state index >= 15 is 0 Å². The molecule has 2 aromatic heterocycles. The number of methoxy groups -OCH3 is 1. The molecular formula is C13H17N5O5. The van der Waals surface area contributed by atoms with Crippen molar-refractivity contribution < 1.29 is 24.2 Å². The molecule has 0 aromatic carbocycles. The van der Waals surface area contributed by atoms with Crippen molar-refractivity contribution in [1.82, 2.24) is 24.8 Å². The van der Waals surface area contributed by atoms with Gasteiger partial charge >= 0.3 is 11.9 Å². The maximum Gasteiger partial charge on any atom is 0.341 e. The highest BCUT2D eigenvalue weighted by atomic mass is 16.5. The molecule has 0 aliphatic rings. The van der Waals surface area contributed by atoms with Crippen molar-refractivity contribution in [3.05, 3.63) is 29.8 Å². The number of rotatable bonds is 9. The highest BCUT2D eigenvalue weighted by Crippen LogP contribution is 2.03. The van der Waals surface area contributed by atoms with E-state index in [2.05, 4.69) is 20.1 Å². The van der Waals surface area contributed by atoms with Crippen molar-refractivity contribution in [3.8, 4) is 0 Å². The molecule has 0 aliphatic carbocycles. The van der Waals surface area contributed by atoms with Crippen LogP contribution >= 0.6 is 0 Å². The quantitative estimate of drug-likeness (QED) is 0.497. The standard InChI is InChI=1S/C13H17N5O5/c1-22-13(21)10-5-14-18(6-10)8-11-7-17(16-15-11)3-2-4-23-9-12(19)20/h5-7H,2-4,8-9H2,1H3,(H,19,20). The van der Waals surface area contributed by atoms with Gasteiger partial charge in [0, 0.05) is 19.3 Å². The lowest BCUT2D eigenvalue weighted by atomic mass is 10.4. The zero-order valence-electron chi connectivity index (χ0n) is 12.6. The minimum atomic E-state index is -0.987. The number of carboxylic acids is 1. The molecule has 10 nitrogen and oxygen atoms in total. The van der Waals surface area contributed by atoms with Gasteiger partial charge in [-0.25, -0.2) is 9.59 Å². The van der Waals surface area contributed by atoms with Crippen LogP contribution in [-0.4, -0.2) is 62.1 Å². The number of esters is 1. The highest BCUT2D eigenvalue weighted by molar-refractivity contribution is 5.88. The summed E-state index contributed by atoms with van der Waals surface area (Å²) in [5.74, 6) is -1.43. The van der Waals surface area contributed by atoms with Crippen molar-refractivity contribution in [1.29, 1.82) is 0 Å². The van der Waals surface area contributed by atoms with E-state index in [0.29, 0.717) is 37.4 Å². The highest BCUT2D eigenvalue weighted by Gasteiger charge is 2.09. The van der Waals surface area contributed by atoms with E-state index in [-0.39, 0.29) is 6.61 Å². The van der Waals surface area contributed by atoms with E-state index in [1.54, 1.807) is 21.8 Å². The lowest BCUT2D eigenvalue weighted by Gasteiger charge is -2.01. The SMILES string of the molecule is COC(=O)c1cnn(Cc2cn(CCCOCC(=O)O)nn2)c1. The second-order valence-electron chi connectivity index (χ2n) is 4.69. The summed E-state index contributed by atoms with van der Waals surface area (Å²) >= 11 is 0. The molecule has 2 heterocycles. The van der Waals surface area contributed by atoms with Crippen LogP contribution in [0, 0.1) is 0 Å². The fourth-order valence-electron chi connectivity index (χ4n) is 1.85. The second-order valence-corrected chi connectivity index (χ2v) is 4.69. The number of aryl methyl sites for hydroxylation is 1. The van der Waals surface area contributed by atoms with Gasteiger partial charge in [-0.3, -0.25) is 9.36 Å². The molecule has 0 amide bonds. The summed E-state index contributed by atoms with van der Waals surface area (Å²) in [7, 11) is 1.31. The third-order valence-corrected chi connectivity index (χ3v) is 2.87. The summed E-state index contributed by atoms with van der Waals surface area (Å²) in [6.45, 7) is 0.985. The molecule has 0 radical (unpaired) electrons. The molecule has 10 heteroatoms. The Balaban J connectivity index is 1.79. The zero-order chi connectivity index (χ0) is 16.7. The first-order valence-corrected chi connectivity index (χ1v) is 6.88. The number of nitrogens with zero attached hydrogens (tertiary/aromatic N) is 5. The molecule has 1 N–H and O–H groups in total. The molecule has 0 saturated carbocycles. The van der Waals surface area contributed by atoms with Gasteiger partial charge in [0.2, 0.25) is 0 Å². The predicted molar refractivity (Wildman–Crippen MR) is 75.8 cm³/mol. The number of hydrogen-bond donors (Lipinski definition) is 1. The molecule has 124 valence electrons. The Morgan fingerprint density at radius 3 is 2.87 bits per heavy atom.